The number of rotatable bonds is 3. The molecule has 1 rings (SSSR count). The van der Waals surface area contributed by atoms with Gasteiger partial charge in [0.1, 0.15) is 18.1 Å². The Morgan fingerprint density at radius 1 is 1.09 bits per heavy atom. The Bertz CT molecular complexity index is 203. The molecule has 11 heavy (non-hydrogen) atoms. The van der Waals surface area contributed by atoms with Crippen LogP contribution in [0.15, 0.2) is 24.3 Å². The molecule has 1 radical (unpaired) electrons. The highest BCUT2D eigenvalue weighted by molar-refractivity contribution is 5.31. The van der Waals surface area contributed by atoms with Crippen LogP contribution in [0.25, 0.3) is 0 Å². The fraction of sp³-hybridized carbons (Fsp3) is 0.222. The summed E-state index contributed by atoms with van der Waals surface area (Å²) in [6, 6.07) is 7.44. The van der Waals surface area contributed by atoms with E-state index >= 15 is 0 Å². The van der Waals surface area contributed by atoms with Crippen molar-refractivity contribution in [2.45, 2.75) is 6.92 Å². The van der Waals surface area contributed by atoms with Gasteiger partial charge in [-0.05, 0) is 31.2 Å². The molecule has 0 heterocycles. The standard InChI is InChI=1S/C9H11O2/c1-3-11-9-6-4-8(10-2)5-7-9/h3-7H,1-2H3. The molecule has 0 aliphatic heterocycles. The summed E-state index contributed by atoms with van der Waals surface area (Å²) in [5, 5.41) is 0. The van der Waals surface area contributed by atoms with Crippen molar-refractivity contribution in [3.05, 3.63) is 30.9 Å². The molecule has 0 amide bonds. The predicted octanol–water partition coefficient (Wildman–Crippen LogP) is 2.26. The zero-order valence-electron chi connectivity index (χ0n) is 6.70. The van der Waals surface area contributed by atoms with E-state index in [1.165, 1.54) is 0 Å². The highest BCUT2D eigenvalue weighted by atomic mass is 16.5. The molecule has 1 aromatic carbocycles. The molecule has 2 nitrogen and oxygen atoms in total. The van der Waals surface area contributed by atoms with E-state index in [-0.39, 0.29) is 0 Å². The molecule has 0 aliphatic rings. The molecular formula is C9H11O2. The van der Waals surface area contributed by atoms with Gasteiger partial charge in [-0.15, -0.1) is 0 Å². The lowest BCUT2D eigenvalue weighted by atomic mass is 10.3. The van der Waals surface area contributed by atoms with E-state index < -0.39 is 0 Å². The van der Waals surface area contributed by atoms with Crippen LogP contribution in [-0.4, -0.2) is 7.11 Å². The third-order valence-corrected chi connectivity index (χ3v) is 1.31. The van der Waals surface area contributed by atoms with E-state index in [2.05, 4.69) is 0 Å². The van der Waals surface area contributed by atoms with Crippen molar-refractivity contribution >= 4 is 0 Å². The summed E-state index contributed by atoms with van der Waals surface area (Å²) in [4.78, 5) is 0. The molecule has 0 spiro atoms. The fourth-order valence-corrected chi connectivity index (χ4v) is 0.790. The Kier molecular flexibility index (Phi) is 2.78. The number of methoxy groups -OCH3 is 1. The van der Waals surface area contributed by atoms with Crippen molar-refractivity contribution in [2.24, 2.45) is 0 Å². The SMILES string of the molecule is C[CH]Oc1ccc(OC)cc1. The molecule has 0 atom stereocenters. The van der Waals surface area contributed by atoms with Crippen molar-refractivity contribution in [1.82, 2.24) is 0 Å². The van der Waals surface area contributed by atoms with Gasteiger partial charge in [-0.25, -0.2) is 0 Å². The first-order valence-corrected chi connectivity index (χ1v) is 3.45. The molecule has 2 heteroatoms. The van der Waals surface area contributed by atoms with E-state index in [1.807, 2.05) is 31.2 Å². The quantitative estimate of drug-likeness (QED) is 0.659. The lowest BCUT2D eigenvalue weighted by Gasteiger charge is -2.02. The van der Waals surface area contributed by atoms with Gasteiger partial charge in [0.05, 0.1) is 7.11 Å². The molecule has 0 N–H and O–H groups in total. The molecule has 0 bridgehead atoms. The Morgan fingerprint density at radius 3 is 2.09 bits per heavy atom. The first-order chi connectivity index (χ1) is 5.36. The number of hydrogen-bond donors (Lipinski definition) is 0. The first-order valence-electron chi connectivity index (χ1n) is 3.45. The summed E-state index contributed by atoms with van der Waals surface area (Å²) in [6.07, 6.45) is 0. The summed E-state index contributed by atoms with van der Waals surface area (Å²) < 4.78 is 10.1. The maximum absolute atomic E-state index is 5.12. The largest absolute Gasteiger partial charge is 0.497 e. The Labute approximate surface area is 66.8 Å². The monoisotopic (exact) mass is 151 g/mol. The minimum absolute atomic E-state index is 0.827. The van der Waals surface area contributed by atoms with Crippen molar-refractivity contribution in [3.63, 3.8) is 0 Å². The maximum Gasteiger partial charge on any atom is 0.132 e. The summed E-state index contributed by atoms with van der Waals surface area (Å²) in [6.45, 7) is 3.48. The maximum atomic E-state index is 5.12. The molecule has 1 aromatic rings. The topological polar surface area (TPSA) is 18.5 Å². The summed E-state index contributed by atoms with van der Waals surface area (Å²) in [5.41, 5.74) is 0. The minimum Gasteiger partial charge on any atom is -0.497 e. The minimum atomic E-state index is 0.827. The Morgan fingerprint density at radius 2 is 1.64 bits per heavy atom. The third-order valence-electron chi connectivity index (χ3n) is 1.31. The van der Waals surface area contributed by atoms with Crippen molar-refractivity contribution < 1.29 is 9.47 Å². The fourth-order valence-electron chi connectivity index (χ4n) is 0.790. The highest BCUT2D eigenvalue weighted by Gasteiger charge is 1.91. The summed E-state index contributed by atoms with van der Waals surface area (Å²) >= 11 is 0. The summed E-state index contributed by atoms with van der Waals surface area (Å²) in [5.74, 6) is 1.67. The highest BCUT2D eigenvalue weighted by Crippen LogP contribution is 2.17. The van der Waals surface area contributed by atoms with Crippen LogP contribution in [0, 0.1) is 6.61 Å². The molecule has 0 unspecified atom stereocenters. The molecule has 0 saturated heterocycles. The second-order valence-corrected chi connectivity index (χ2v) is 2.03. The molecular weight excluding hydrogens is 140 g/mol. The number of hydrogen-bond acceptors (Lipinski definition) is 2. The van der Waals surface area contributed by atoms with Gasteiger partial charge in [0.15, 0.2) is 0 Å². The molecule has 0 aliphatic carbocycles. The second kappa shape index (κ2) is 3.86. The molecule has 0 aromatic heterocycles. The van der Waals surface area contributed by atoms with Gasteiger partial charge >= 0.3 is 0 Å². The van der Waals surface area contributed by atoms with E-state index in [1.54, 1.807) is 13.7 Å². The van der Waals surface area contributed by atoms with Crippen LogP contribution in [0.2, 0.25) is 0 Å². The van der Waals surface area contributed by atoms with Crippen LogP contribution < -0.4 is 9.47 Å². The average Bonchev–Trinajstić information content (AvgIpc) is 2.07. The van der Waals surface area contributed by atoms with Gasteiger partial charge in [0, 0.05) is 0 Å². The zero-order valence-corrected chi connectivity index (χ0v) is 6.70. The van der Waals surface area contributed by atoms with Crippen LogP contribution in [0.5, 0.6) is 11.5 Å². The van der Waals surface area contributed by atoms with Gasteiger partial charge in [0.25, 0.3) is 0 Å². The normalized spacial score (nSPS) is 9.27. The van der Waals surface area contributed by atoms with Crippen molar-refractivity contribution in [3.8, 4) is 11.5 Å². The zero-order chi connectivity index (χ0) is 8.10. The van der Waals surface area contributed by atoms with Gasteiger partial charge < -0.3 is 9.47 Å². The predicted molar refractivity (Wildman–Crippen MR) is 43.6 cm³/mol. The second-order valence-electron chi connectivity index (χ2n) is 2.03. The molecule has 59 valence electrons. The number of benzene rings is 1. The molecule has 0 saturated carbocycles. The van der Waals surface area contributed by atoms with E-state index in [4.69, 9.17) is 9.47 Å². The van der Waals surface area contributed by atoms with Gasteiger partial charge in [0.2, 0.25) is 0 Å². The van der Waals surface area contributed by atoms with E-state index in [0.717, 1.165) is 11.5 Å². The molecule has 0 fully saturated rings. The Hall–Kier alpha value is -1.18. The van der Waals surface area contributed by atoms with Crippen molar-refractivity contribution in [1.29, 1.82) is 0 Å². The lowest BCUT2D eigenvalue weighted by molar-refractivity contribution is 0.404. The van der Waals surface area contributed by atoms with E-state index in [9.17, 15) is 0 Å². The lowest BCUT2D eigenvalue weighted by Crippen LogP contribution is -1.85. The van der Waals surface area contributed by atoms with Crippen LogP contribution in [0.1, 0.15) is 6.92 Å². The van der Waals surface area contributed by atoms with E-state index in [0.29, 0.717) is 0 Å². The van der Waals surface area contributed by atoms with Crippen LogP contribution in [-0.2, 0) is 0 Å². The Balaban J connectivity index is 2.66. The van der Waals surface area contributed by atoms with Crippen LogP contribution in [0.3, 0.4) is 0 Å². The summed E-state index contributed by atoms with van der Waals surface area (Å²) in [7, 11) is 1.64. The third kappa shape index (κ3) is 2.15. The van der Waals surface area contributed by atoms with Gasteiger partial charge in [-0.1, -0.05) is 0 Å². The van der Waals surface area contributed by atoms with Crippen LogP contribution in [0.4, 0.5) is 0 Å². The number of ether oxygens (including phenoxy) is 2. The smallest absolute Gasteiger partial charge is 0.132 e. The average molecular weight is 151 g/mol. The van der Waals surface area contributed by atoms with Gasteiger partial charge in [-0.2, -0.15) is 0 Å². The van der Waals surface area contributed by atoms with Gasteiger partial charge in [-0.3, -0.25) is 0 Å². The van der Waals surface area contributed by atoms with Crippen molar-refractivity contribution in [2.75, 3.05) is 7.11 Å². The first kappa shape index (κ1) is 7.92. The van der Waals surface area contributed by atoms with Crippen LogP contribution >= 0.6 is 0 Å².